The zero-order chi connectivity index (χ0) is 13.1. The summed E-state index contributed by atoms with van der Waals surface area (Å²) in [5.41, 5.74) is 4.08. The van der Waals surface area contributed by atoms with Gasteiger partial charge in [-0.1, -0.05) is 6.08 Å². The molecule has 0 aromatic heterocycles. The molecule has 0 atom stereocenters. The topological polar surface area (TPSA) is 26.0 Å². The molecule has 1 aromatic carbocycles. The molecule has 0 spiro atoms. The second-order valence-electron chi connectivity index (χ2n) is 3.46. The predicted octanol–water partition coefficient (Wildman–Crippen LogP) is 3.20. The van der Waals surface area contributed by atoms with Crippen molar-refractivity contribution in [1.82, 2.24) is 0 Å². The summed E-state index contributed by atoms with van der Waals surface area (Å²) in [5.74, 6) is -0.984. The van der Waals surface area contributed by atoms with Crippen molar-refractivity contribution >= 4 is 0 Å². The first-order chi connectivity index (χ1) is 7.82. The Morgan fingerprint density at radius 3 is 2.41 bits per heavy atom. The second kappa shape index (κ2) is 5.16. The van der Waals surface area contributed by atoms with Crippen LogP contribution in [0.4, 0.5) is 22.0 Å². The highest BCUT2D eigenvalue weighted by Crippen LogP contribution is 2.30. The number of allylic oxidation sites excluding steroid dienone is 2. The lowest BCUT2D eigenvalue weighted by Crippen LogP contribution is -2.06. The van der Waals surface area contributed by atoms with Crippen LogP contribution in [0.1, 0.15) is 11.1 Å². The van der Waals surface area contributed by atoms with Crippen LogP contribution in [0.5, 0.6) is 0 Å². The smallest absolute Gasteiger partial charge is 0.400 e. The highest BCUT2D eigenvalue weighted by atomic mass is 19.4. The molecule has 0 radical (unpaired) electrons. The molecule has 0 amide bonds. The van der Waals surface area contributed by atoms with E-state index in [1.165, 1.54) is 6.08 Å². The molecular formula is C11H10F5N. The lowest BCUT2D eigenvalue weighted by atomic mass is 10.1. The maximum Gasteiger partial charge on any atom is 0.416 e. The Morgan fingerprint density at radius 2 is 1.88 bits per heavy atom. The quantitative estimate of drug-likeness (QED) is 0.820. The molecule has 0 aliphatic rings. The minimum absolute atomic E-state index is 0.0450. The molecule has 1 aromatic rings. The predicted molar refractivity (Wildman–Crippen MR) is 53.4 cm³/mol. The van der Waals surface area contributed by atoms with Crippen LogP contribution in [-0.2, 0) is 12.6 Å². The lowest BCUT2D eigenvalue weighted by molar-refractivity contribution is -0.137. The van der Waals surface area contributed by atoms with Crippen LogP contribution in [0.25, 0.3) is 0 Å². The third-order valence-electron chi connectivity index (χ3n) is 2.04. The van der Waals surface area contributed by atoms with Gasteiger partial charge in [-0.15, -0.1) is 0 Å². The van der Waals surface area contributed by atoms with Crippen molar-refractivity contribution in [3.05, 3.63) is 46.9 Å². The van der Waals surface area contributed by atoms with Crippen molar-refractivity contribution < 1.29 is 22.0 Å². The molecule has 0 unspecified atom stereocenters. The monoisotopic (exact) mass is 251 g/mol. The van der Waals surface area contributed by atoms with Crippen molar-refractivity contribution in [2.24, 2.45) is 5.73 Å². The number of halogens is 5. The average molecular weight is 251 g/mol. The number of nitrogens with two attached hydrogens (primary N) is 1. The normalized spacial score (nSPS) is 12.9. The summed E-state index contributed by atoms with van der Waals surface area (Å²) >= 11 is 0. The maximum atomic E-state index is 12.9. The number of alkyl halides is 4. The van der Waals surface area contributed by atoms with Crippen LogP contribution >= 0.6 is 0 Å². The Labute approximate surface area is 94.7 Å². The fourth-order valence-electron chi connectivity index (χ4n) is 1.24. The van der Waals surface area contributed by atoms with E-state index >= 15 is 0 Å². The minimum Gasteiger partial charge on any atom is -0.400 e. The van der Waals surface area contributed by atoms with Gasteiger partial charge in [-0.05, 0) is 30.2 Å². The number of hydrogen-bond acceptors (Lipinski definition) is 1. The van der Waals surface area contributed by atoms with Gasteiger partial charge in [0, 0.05) is 5.70 Å². The molecule has 2 N–H and O–H groups in total. The molecule has 6 heteroatoms. The molecule has 0 aliphatic heterocycles. The van der Waals surface area contributed by atoms with E-state index in [2.05, 4.69) is 0 Å². The van der Waals surface area contributed by atoms with E-state index in [4.69, 9.17) is 5.73 Å². The molecule has 0 fully saturated rings. The summed E-state index contributed by atoms with van der Waals surface area (Å²) in [6.45, 7) is -0.887. The van der Waals surface area contributed by atoms with Gasteiger partial charge in [0.25, 0.3) is 0 Å². The lowest BCUT2D eigenvalue weighted by Gasteiger charge is -2.08. The van der Waals surface area contributed by atoms with E-state index in [0.29, 0.717) is 6.07 Å². The number of rotatable bonds is 3. The van der Waals surface area contributed by atoms with Crippen molar-refractivity contribution in [1.29, 1.82) is 0 Å². The van der Waals surface area contributed by atoms with Crippen LogP contribution < -0.4 is 5.73 Å². The summed E-state index contributed by atoms with van der Waals surface area (Å²) < 4.78 is 62.0. The van der Waals surface area contributed by atoms with E-state index in [0.717, 1.165) is 12.1 Å². The first-order valence-electron chi connectivity index (χ1n) is 4.70. The van der Waals surface area contributed by atoms with E-state index in [-0.39, 0.29) is 17.7 Å². The van der Waals surface area contributed by atoms with Crippen LogP contribution in [0.3, 0.4) is 0 Å². The fraction of sp³-hybridized carbons (Fsp3) is 0.273. The number of benzene rings is 1. The molecule has 0 aliphatic carbocycles. The van der Waals surface area contributed by atoms with Crippen molar-refractivity contribution in [3.8, 4) is 0 Å². The third-order valence-corrected chi connectivity index (χ3v) is 2.04. The van der Waals surface area contributed by atoms with E-state index < -0.39 is 24.2 Å². The Morgan fingerprint density at radius 1 is 1.24 bits per heavy atom. The van der Waals surface area contributed by atoms with Crippen molar-refractivity contribution in [2.75, 3.05) is 6.67 Å². The molecular weight excluding hydrogens is 241 g/mol. The van der Waals surface area contributed by atoms with Crippen molar-refractivity contribution in [3.63, 3.8) is 0 Å². The van der Waals surface area contributed by atoms with Gasteiger partial charge in [0.05, 0.1) is 5.56 Å². The van der Waals surface area contributed by atoms with Gasteiger partial charge < -0.3 is 5.73 Å². The van der Waals surface area contributed by atoms with Crippen LogP contribution in [0.2, 0.25) is 0 Å². The minimum atomic E-state index is -4.60. The Hall–Kier alpha value is -1.59. The summed E-state index contributed by atoms with van der Waals surface area (Å²) in [7, 11) is 0. The van der Waals surface area contributed by atoms with Crippen molar-refractivity contribution in [2.45, 2.75) is 12.6 Å². The Balaban J connectivity index is 2.98. The third kappa shape index (κ3) is 4.05. The van der Waals surface area contributed by atoms with Gasteiger partial charge in [0.15, 0.2) is 0 Å². The fourth-order valence-corrected chi connectivity index (χ4v) is 1.24. The Kier molecular flexibility index (Phi) is 4.09. The zero-order valence-electron chi connectivity index (χ0n) is 8.69. The standard InChI is InChI=1S/C11H10F5N/c12-6-10(17)2-1-7-3-8(11(14,15)16)5-9(13)4-7/h2-5H,1,6,17H2/b10-2+. The van der Waals surface area contributed by atoms with Gasteiger partial charge in [-0.3, -0.25) is 0 Å². The Bertz CT molecular complexity index is 422. The summed E-state index contributed by atoms with van der Waals surface area (Å²) in [5, 5.41) is 0. The summed E-state index contributed by atoms with van der Waals surface area (Å²) in [4.78, 5) is 0. The molecule has 17 heavy (non-hydrogen) atoms. The molecule has 0 heterocycles. The van der Waals surface area contributed by atoms with Crippen LogP contribution in [-0.4, -0.2) is 6.67 Å². The molecule has 0 bridgehead atoms. The first kappa shape index (κ1) is 13.5. The highest BCUT2D eigenvalue weighted by Gasteiger charge is 2.31. The molecule has 1 rings (SSSR count). The molecule has 0 saturated heterocycles. The van der Waals surface area contributed by atoms with Gasteiger partial charge in [0.2, 0.25) is 0 Å². The van der Waals surface area contributed by atoms with Gasteiger partial charge in [-0.2, -0.15) is 13.2 Å². The molecule has 1 nitrogen and oxygen atoms in total. The van der Waals surface area contributed by atoms with Crippen LogP contribution in [0.15, 0.2) is 30.0 Å². The summed E-state index contributed by atoms with van der Waals surface area (Å²) in [6, 6.07) is 2.17. The largest absolute Gasteiger partial charge is 0.416 e. The van der Waals surface area contributed by atoms with E-state index in [1.807, 2.05) is 0 Å². The molecule has 94 valence electrons. The maximum absolute atomic E-state index is 12.9. The first-order valence-corrected chi connectivity index (χ1v) is 4.70. The van der Waals surface area contributed by atoms with E-state index in [9.17, 15) is 22.0 Å². The van der Waals surface area contributed by atoms with Gasteiger partial charge >= 0.3 is 6.18 Å². The van der Waals surface area contributed by atoms with Gasteiger partial charge in [0.1, 0.15) is 12.5 Å². The highest BCUT2D eigenvalue weighted by molar-refractivity contribution is 5.28. The average Bonchev–Trinajstić information content (AvgIpc) is 2.24. The van der Waals surface area contributed by atoms with E-state index in [1.54, 1.807) is 0 Å². The molecule has 0 saturated carbocycles. The van der Waals surface area contributed by atoms with Crippen LogP contribution in [0, 0.1) is 5.82 Å². The number of hydrogen-bond donors (Lipinski definition) is 1. The zero-order valence-corrected chi connectivity index (χ0v) is 8.69. The summed E-state index contributed by atoms with van der Waals surface area (Å²) in [6.07, 6.45) is -3.43. The second-order valence-corrected chi connectivity index (χ2v) is 3.46. The SMILES string of the molecule is N/C(=C/Cc1cc(F)cc(C(F)(F)F)c1)CF. The van der Waals surface area contributed by atoms with Gasteiger partial charge in [-0.25, -0.2) is 8.78 Å².